The molecule has 2 N–H and O–H groups in total. The third kappa shape index (κ3) is 5.00. The van der Waals surface area contributed by atoms with Gasteiger partial charge in [0.15, 0.2) is 8.32 Å². The number of halogens is 3. The van der Waals surface area contributed by atoms with Crippen LogP contribution in [0.4, 0.5) is 19.0 Å². The van der Waals surface area contributed by atoms with Gasteiger partial charge in [0.1, 0.15) is 11.5 Å². The molecule has 1 saturated carbocycles. The van der Waals surface area contributed by atoms with Crippen LogP contribution in [0.1, 0.15) is 52.1 Å². The molecular weight excluding hydrogens is 347 g/mol. The molecule has 0 radical (unpaired) electrons. The van der Waals surface area contributed by atoms with Crippen molar-refractivity contribution in [2.45, 2.75) is 83.4 Å². The number of nitrogens with zero attached hydrogens (tertiary/aromatic N) is 2. The van der Waals surface area contributed by atoms with Crippen molar-refractivity contribution in [3.05, 3.63) is 11.8 Å². The highest BCUT2D eigenvalue weighted by atomic mass is 28.4. The van der Waals surface area contributed by atoms with Gasteiger partial charge in [-0.1, -0.05) is 20.8 Å². The fourth-order valence-electron chi connectivity index (χ4n) is 3.07. The minimum absolute atomic E-state index is 0.0812. The fourth-order valence-corrected chi connectivity index (χ4v) is 4.50. The molecule has 0 saturated heterocycles. The molecule has 0 aromatic carbocycles. The largest absolute Gasteiger partial charge is 0.433 e. The Kier molecular flexibility index (Phi) is 5.64. The van der Waals surface area contributed by atoms with Gasteiger partial charge in [-0.3, -0.25) is 4.68 Å². The van der Waals surface area contributed by atoms with Crippen LogP contribution in [0.25, 0.3) is 0 Å². The lowest BCUT2D eigenvalue weighted by Gasteiger charge is -2.41. The van der Waals surface area contributed by atoms with Gasteiger partial charge in [0.25, 0.3) is 0 Å². The van der Waals surface area contributed by atoms with Gasteiger partial charge in [-0.2, -0.15) is 18.3 Å². The van der Waals surface area contributed by atoms with Crippen LogP contribution in [0.15, 0.2) is 6.07 Å². The summed E-state index contributed by atoms with van der Waals surface area (Å²) in [7, 11) is -1.80. The smallest absolute Gasteiger partial charge is 0.414 e. The number of alkyl halides is 3. The zero-order valence-electron chi connectivity index (χ0n) is 15.8. The van der Waals surface area contributed by atoms with Crippen LogP contribution in [0.3, 0.4) is 0 Å². The first-order chi connectivity index (χ1) is 11.3. The quantitative estimate of drug-likeness (QED) is 0.746. The van der Waals surface area contributed by atoms with E-state index in [0.717, 1.165) is 36.4 Å². The van der Waals surface area contributed by atoms with Gasteiger partial charge in [-0.25, -0.2) is 0 Å². The molecule has 25 heavy (non-hydrogen) atoms. The van der Waals surface area contributed by atoms with Gasteiger partial charge in [-0.05, 0) is 49.7 Å². The molecule has 0 unspecified atom stereocenters. The van der Waals surface area contributed by atoms with Crippen LogP contribution >= 0.6 is 0 Å². The van der Waals surface area contributed by atoms with Crippen LogP contribution in [0.2, 0.25) is 18.1 Å². The molecule has 1 aromatic rings. The van der Waals surface area contributed by atoms with Crippen molar-refractivity contribution in [3.63, 3.8) is 0 Å². The summed E-state index contributed by atoms with van der Waals surface area (Å²) in [6.07, 6.45) is -0.688. The van der Waals surface area contributed by atoms with E-state index in [0.29, 0.717) is 0 Å². The Morgan fingerprint density at radius 3 is 2.24 bits per heavy atom. The Balaban J connectivity index is 1.94. The number of nitrogen functional groups attached to an aromatic ring is 1. The van der Waals surface area contributed by atoms with E-state index in [2.05, 4.69) is 39.0 Å². The van der Waals surface area contributed by atoms with Crippen LogP contribution < -0.4 is 5.73 Å². The monoisotopic (exact) mass is 377 g/mol. The summed E-state index contributed by atoms with van der Waals surface area (Å²) in [5.41, 5.74) is 4.71. The van der Waals surface area contributed by atoms with Crippen molar-refractivity contribution in [2.75, 3.05) is 5.73 Å². The van der Waals surface area contributed by atoms with Crippen molar-refractivity contribution < 1.29 is 17.6 Å². The second kappa shape index (κ2) is 6.94. The van der Waals surface area contributed by atoms with Gasteiger partial charge in [0.05, 0.1) is 0 Å². The summed E-state index contributed by atoms with van der Waals surface area (Å²) < 4.78 is 46.6. The third-order valence-corrected chi connectivity index (χ3v) is 10.1. The molecule has 4 nitrogen and oxygen atoms in total. The summed E-state index contributed by atoms with van der Waals surface area (Å²) in [4.78, 5) is 0. The van der Waals surface area contributed by atoms with Gasteiger partial charge < -0.3 is 10.2 Å². The average Bonchev–Trinajstić information content (AvgIpc) is 2.80. The van der Waals surface area contributed by atoms with Gasteiger partial charge >= 0.3 is 6.18 Å². The van der Waals surface area contributed by atoms with Gasteiger partial charge in [0, 0.05) is 18.7 Å². The van der Waals surface area contributed by atoms with Gasteiger partial charge in [-0.15, -0.1) is 0 Å². The molecule has 0 spiro atoms. The Morgan fingerprint density at radius 1 is 1.20 bits per heavy atom. The fraction of sp³-hybridized carbons (Fsp3) is 0.824. The zero-order valence-corrected chi connectivity index (χ0v) is 16.8. The van der Waals surface area contributed by atoms with Crippen molar-refractivity contribution in [2.24, 2.45) is 5.92 Å². The molecule has 0 amide bonds. The molecule has 0 atom stereocenters. The summed E-state index contributed by atoms with van der Waals surface area (Å²) in [6.45, 7) is 11.4. The molecular formula is C17H30F3N3OSi. The molecule has 144 valence electrons. The van der Waals surface area contributed by atoms with E-state index in [9.17, 15) is 13.2 Å². The predicted octanol–water partition coefficient (Wildman–Crippen LogP) is 5.06. The Morgan fingerprint density at radius 2 is 1.76 bits per heavy atom. The minimum atomic E-state index is -4.42. The standard InChI is InChI=1S/C17H30F3N3OSi/c1-16(2,3)25(4,5)24-13-8-6-12(7-9-13)11-23-14(17(18,19)20)10-15(21)22-23/h10,12-13H,6-9,11H2,1-5H3,(H2,21,22). The minimum Gasteiger partial charge on any atom is -0.414 e. The lowest BCUT2D eigenvalue weighted by atomic mass is 9.87. The first-order valence-corrected chi connectivity index (χ1v) is 11.8. The van der Waals surface area contributed by atoms with Crippen LogP contribution in [-0.2, 0) is 17.1 Å². The highest BCUT2D eigenvalue weighted by molar-refractivity contribution is 6.74. The van der Waals surface area contributed by atoms with E-state index >= 15 is 0 Å². The zero-order chi connectivity index (χ0) is 19.0. The maximum atomic E-state index is 13.0. The maximum absolute atomic E-state index is 13.0. The number of hydrogen-bond acceptors (Lipinski definition) is 3. The predicted molar refractivity (Wildman–Crippen MR) is 95.7 cm³/mol. The van der Waals surface area contributed by atoms with E-state index in [4.69, 9.17) is 10.2 Å². The van der Waals surface area contributed by atoms with E-state index in [-0.39, 0.29) is 29.4 Å². The molecule has 2 rings (SSSR count). The molecule has 1 heterocycles. The number of nitrogens with two attached hydrogens (primary N) is 1. The first kappa shape index (κ1) is 20.3. The average molecular weight is 378 g/mol. The molecule has 8 heteroatoms. The first-order valence-electron chi connectivity index (χ1n) is 8.88. The van der Waals surface area contributed by atoms with E-state index in [1.807, 2.05) is 0 Å². The highest BCUT2D eigenvalue weighted by Crippen LogP contribution is 2.40. The van der Waals surface area contributed by atoms with Gasteiger partial charge in [0.2, 0.25) is 0 Å². The lowest BCUT2D eigenvalue weighted by molar-refractivity contribution is -0.144. The van der Waals surface area contributed by atoms with E-state index in [1.54, 1.807) is 0 Å². The molecule has 1 aliphatic rings. The van der Waals surface area contributed by atoms with Crippen LogP contribution in [0.5, 0.6) is 0 Å². The normalized spacial score (nSPS) is 23.0. The number of aromatic nitrogens is 2. The van der Waals surface area contributed by atoms with E-state index < -0.39 is 20.2 Å². The maximum Gasteiger partial charge on any atom is 0.433 e. The molecule has 0 bridgehead atoms. The van der Waals surface area contributed by atoms with Crippen LogP contribution in [0, 0.1) is 5.92 Å². The Hall–Kier alpha value is -1.02. The van der Waals surface area contributed by atoms with Crippen molar-refractivity contribution in [1.29, 1.82) is 0 Å². The second-order valence-corrected chi connectivity index (χ2v) is 13.4. The number of anilines is 1. The molecule has 0 aliphatic heterocycles. The van der Waals surface area contributed by atoms with Crippen molar-refractivity contribution in [3.8, 4) is 0 Å². The lowest BCUT2D eigenvalue weighted by Crippen LogP contribution is -2.44. The van der Waals surface area contributed by atoms with E-state index in [1.165, 1.54) is 0 Å². The molecule has 1 aromatic heterocycles. The molecule has 1 aliphatic carbocycles. The number of hydrogen-bond donors (Lipinski definition) is 1. The highest BCUT2D eigenvalue weighted by Gasteiger charge is 2.40. The summed E-state index contributed by atoms with van der Waals surface area (Å²) in [6, 6.07) is 0.909. The number of rotatable bonds is 4. The third-order valence-electron chi connectivity index (χ3n) is 5.58. The van der Waals surface area contributed by atoms with Crippen LogP contribution in [-0.4, -0.2) is 24.2 Å². The summed E-state index contributed by atoms with van der Waals surface area (Å²) >= 11 is 0. The summed E-state index contributed by atoms with van der Waals surface area (Å²) in [5, 5.41) is 4.00. The summed E-state index contributed by atoms with van der Waals surface area (Å²) in [5.74, 6) is 0.0990. The topological polar surface area (TPSA) is 53.1 Å². The van der Waals surface area contributed by atoms with Crippen molar-refractivity contribution >= 4 is 14.1 Å². The Bertz CT molecular complexity index is 585. The Labute approximate surface area is 149 Å². The molecule has 1 fully saturated rings. The van der Waals surface area contributed by atoms with Crippen molar-refractivity contribution in [1.82, 2.24) is 9.78 Å². The SMILES string of the molecule is CC(C)(C)[Si](C)(C)OC1CCC(Cn2nc(N)cc2C(F)(F)F)CC1. The second-order valence-electron chi connectivity index (χ2n) is 8.66.